The Balaban J connectivity index is 5.11. The third kappa shape index (κ3) is 59.5. The van der Waals surface area contributed by atoms with E-state index in [-0.39, 0.29) is 31.5 Å². The zero-order valence-corrected chi connectivity index (χ0v) is 53.7. The smallest absolute Gasteiger partial charge is 0.456 e. The molecule has 1 amide bonds. The largest absolute Gasteiger partial charge is 0.472 e. The van der Waals surface area contributed by atoms with E-state index >= 15 is 0 Å². The lowest BCUT2D eigenvalue weighted by Gasteiger charge is -2.27. The van der Waals surface area contributed by atoms with Crippen LogP contribution in [0.4, 0.5) is 0 Å². The minimum Gasteiger partial charge on any atom is -0.456 e. The first-order chi connectivity index (χ1) is 38.9. The summed E-state index contributed by atoms with van der Waals surface area (Å²) in [6, 6.07) is -0.861. The second-order valence-electron chi connectivity index (χ2n) is 23.3. The maximum Gasteiger partial charge on any atom is 0.472 e. The maximum atomic E-state index is 13.5. The number of ether oxygens (including phenoxy) is 1. The van der Waals surface area contributed by atoms with Gasteiger partial charge in [0.15, 0.2) is 0 Å². The van der Waals surface area contributed by atoms with Crippen LogP contribution in [-0.2, 0) is 27.9 Å². The van der Waals surface area contributed by atoms with Crippen LogP contribution in [0.2, 0.25) is 0 Å². The van der Waals surface area contributed by atoms with Crippen molar-refractivity contribution in [1.29, 1.82) is 0 Å². The van der Waals surface area contributed by atoms with Crippen molar-refractivity contribution >= 4 is 19.7 Å². The molecule has 0 aliphatic rings. The summed E-state index contributed by atoms with van der Waals surface area (Å²) < 4.78 is 30.7. The van der Waals surface area contributed by atoms with Gasteiger partial charge in [0.2, 0.25) is 5.91 Å². The van der Waals surface area contributed by atoms with Crippen LogP contribution in [-0.4, -0.2) is 74.3 Å². The number of carbonyl (C=O) groups excluding carboxylic acids is 2. The second kappa shape index (κ2) is 59.1. The Morgan fingerprint density at radius 1 is 0.450 bits per heavy atom. The number of allylic oxidation sites excluding steroid dienone is 15. The van der Waals surface area contributed by atoms with Crippen molar-refractivity contribution in [2.24, 2.45) is 0 Å². The molecule has 10 heteroatoms. The Kier molecular flexibility index (Phi) is 56.8. The van der Waals surface area contributed by atoms with Crippen LogP contribution < -0.4 is 5.32 Å². The number of hydrogen-bond acceptors (Lipinski definition) is 6. The molecular formula is C70H126N2O7P+. The molecule has 0 aromatic rings. The highest BCUT2D eigenvalue weighted by Crippen LogP contribution is 2.43. The molecule has 0 saturated heterocycles. The van der Waals surface area contributed by atoms with Crippen LogP contribution >= 0.6 is 7.82 Å². The standard InChI is InChI=1S/C70H125N2O7P/c1-7-10-13-16-19-22-25-27-29-31-32-33-34-35-36-37-38-39-40-41-43-45-48-51-54-57-60-63-70(74)79-68(61-58-55-52-49-46-24-21-18-15-12-9-3)67(66-78-80(75,76)77-65-64-72(4,5)6)71-69(73)62-59-56-53-50-47-44-42-30-28-26-23-20-17-14-11-8-2/h10,13,19,22,27,29-30,32-33,35-36,38-39,42,58,61,67-68H,7-9,11-12,14-18,20-21,23-26,28,31,34,37,40-41,43-57,59-60,62-66H2,1-6H3,(H-,71,73,75,76)/p+1/b13-10-,22-19-,29-27-,33-32-,36-35-,39-38-,42-30+,61-58-. The van der Waals surface area contributed by atoms with Gasteiger partial charge in [-0.05, 0) is 109 Å². The van der Waals surface area contributed by atoms with E-state index in [1.54, 1.807) is 0 Å². The van der Waals surface area contributed by atoms with Gasteiger partial charge in [-0.1, -0.05) is 260 Å². The highest BCUT2D eigenvalue weighted by molar-refractivity contribution is 7.47. The lowest BCUT2D eigenvalue weighted by atomic mass is 10.1. The fraction of sp³-hybridized carbons (Fsp3) is 0.743. The number of phosphoric ester groups is 1. The van der Waals surface area contributed by atoms with Crippen molar-refractivity contribution in [3.63, 3.8) is 0 Å². The maximum absolute atomic E-state index is 13.5. The summed E-state index contributed by atoms with van der Waals surface area (Å²) in [5.41, 5.74) is 0. The van der Waals surface area contributed by atoms with E-state index in [0.29, 0.717) is 17.4 Å². The first kappa shape index (κ1) is 76.9. The molecule has 462 valence electrons. The number of esters is 1. The molecule has 0 aromatic heterocycles. The van der Waals surface area contributed by atoms with Crippen molar-refractivity contribution in [1.82, 2.24) is 5.32 Å². The monoisotopic (exact) mass is 1140 g/mol. The first-order valence-corrected chi connectivity index (χ1v) is 34.6. The number of carbonyl (C=O) groups is 2. The van der Waals surface area contributed by atoms with Crippen LogP contribution in [0.5, 0.6) is 0 Å². The van der Waals surface area contributed by atoms with E-state index in [1.165, 1.54) is 122 Å². The summed E-state index contributed by atoms with van der Waals surface area (Å²) in [6.45, 7) is 6.88. The van der Waals surface area contributed by atoms with Crippen molar-refractivity contribution in [3.8, 4) is 0 Å². The number of nitrogens with zero attached hydrogens (tertiary/aromatic N) is 1. The average molecular weight is 1140 g/mol. The van der Waals surface area contributed by atoms with Crippen molar-refractivity contribution < 1.29 is 37.3 Å². The minimum atomic E-state index is -4.46. The Labute approximate surface area is 494 Å². The molecule has 0 fully saturated rings. The van der Waals surface area contributed by atoms with Gasteiger partial charge in [-0.3, -0.25) is 18.6 Å². The van der Waals surface area contributed by atoms with Crippen LogP contribution in [0, 0.1) is 0 Å². The Hall–Kier alpha value is -3.07. The molecule has 0 aliphatic heterocycles. The third-order valence-electron chi connectivity index (χ3n) is 14.3. The third-order valence-corrected chi connectivity index (χ3v) is 15.2. The molecule has 3 atom stereocenters. The molecule has 9 nitrogen and oxygen atoms in total. The molecule has 2 N–H and O–H groups in total. The number of rotatable bonds is 59. The molecule has 3 unspecified atom stereocenters. The normalized spacial score (nSPS) is 14.2. The van der Waals surface area contributed by atoms with Crippen LogP contribution in [0.1, 0.15) is 284 Å². The van der Waals surface area contributed by atoms with Crippen LogP contribution in [0.15, 0.2) is 97.2 Å². The van der Waals surface area contributed by atoms with Crippen LogP contribution in [0.25, 0.3) is 0 Å². The quantitative estimate of drug-likeness (QED) is 0.0205. The highest BCUT2D eigenvalue weighted by atomic mass is 31.2. The van der Waals surface area contributed by atoms with Gasteiger partial charge in [-0.2, -0.15) is 0 Å². The molecule has 0 spiro atoms. The van der Waals surface area contributed by atoms with Crippen molar-refractivity contribution in [3.05, 3.63) is 97.2 Å². The number of likely N-dealkylation sites (N-methyl/N-ethyl adjacent to an activating group) is 1. The van der Waals surface area contributed by atoms with Gasteiger partial charge >= 0.3 is 13.8 Å². The van der Waals surface area contributed by atoms with E-state index in [4.69, 9.17) is 13.8 Å². The lowest BCUT2D eigenvalue weighted by molar-refractivity contribution is -0.870. The van der Waals surface area contributed by atoms with Gasteiger partial charge in [-0.25, -0.2) is 4.57 Å². The Bertz CT molecular complexity index is 1690. The summed E-state index contributed by atoms with van der Waals surface area (Å²) in [6.07, 6.45) is 79.8. The molecule has 0 aliphatic carbocycles. The van der Waals surface area contributed by atoms with Crippen molar-refractivity contribution in [2.75, 3.05) is 40.9 Å². The summed E-state index contributed by atoms with van der Waals surface area (Å²) in [5.74, 6) is -0.525. The molecule has 0 bridgehead atoms. The Morgan fingerprint density at radius 3 is 1.21 bits per heavy atom. The van der Waals surface area contributed by atoms with E-state index in [2.05, 4.69) is 111 Å². The summed E-state index contributed by atoms with van der Waals surface area (Å²) >= 11 is 0. The number of quaternary nitrogens is 1. The van der Waals surface area contributed by atoms with Gasteiger partial charge in [0.1, 0.15) is 19.3 Å². The van der Waals surface area contributed by atoms with Crippen molar-refractivity contribution in [2.45, 2.75) is 296 Å². The fourth-order valence-electron chi connectivity index (χ4n) is 9.17. The molecule has 0 aromatic carbocycles. The molecular weight excluding hydrogens is 1010 g/mol. The van der Waals surface area contributed by atoms with E-state index in [1.807, 2.05) is 33.3 Å². The number of unbranched alkanes of at least 4 members (excludes halogenated alkanes) is 29. The average Bonchev–Trinajstić information content (AvgIpc) is 3.43. The number of nitrogens with one attached hydrogen (secondary N) is 1. The van der Waals surface area contributed by atoms with Gasteiger partial charge in [0.05, 0.1) is 33.8 Å². The summed E-state index contributed by atoms with van der Waals surface area (Å²) in [4.78, 5) is 37.8. The zero-order chi connectivity index (χ0) is 58.6. The molecule has 0 saturated carbocycles. The number of phosphoric acid groups is 1. The van der Waals surface area contributed by atoms with Crippen LogP contribution in [0.3, 0.4) is 0 Å². The zero-order valence-electron chi connectivity index (χ0n) is 52.8. The predicted octanol–water partition coefficient (Wildman–Crippen LogP) is 20.7. The SMILES string of the molecule is CC/C=C\C/C=C\C/C=C\C/C=C\C/C=C\C/C=C\CCCCCCCCCCC(=O)OC(/C=C\CCCCCCCCCCC)C(COP(=O)(O)OCC[N+](C)(C)C)NC(=O)CCCCCCC/C=C/CCCCCCCCC. The predicted molar refractivity (Wildman–Crippen MR) is 346 cm³/mol. The van der Waals surface area contributed by atoms with E-state index in [0.717, 1.165) is 128 Å². The fourth-order valence-corrected chi connectivity index (χ4v) is 9.91. The molecule has 80 heavy (non-hydrogen) atoms. The highest BCUT2D eigenvalue weighted by Gasteiger charge is 2.30. The lowest BCUT2D eigenvalue weighted by Crippen LogP contribution is -2.47. The first-order valence-electron chi connectivity index (χ1n) is 33.1. The molecule has 0 heterocycles. The van der Waals surface area contributed by atoms with E-state index < -0.39 is 20.0 Å². The summed E-state index contributed by atoms with van der Waals surface area (Å²) in [7, 11) is 1.48. The number of hydrogen-bond donors (Lipinski definition) is 2. The summed E-state index contributed by atoms with van der Waals surface area (Å²) in [5, 5.41) is 3.05. The van der Waals surface area contributed by atoms with Gasteiger partial charge in [0, 0.05) is 12.8 Å². The molecule has 0 radical (unpaired) electrons. The minimum absolute atomic E-state index is 0.0337. The second-order valence-corrected chi connectivity index (χ2v) is 24.7. The van der Waals surface area contributed by atoms with Gasteiger partial charge in [-0.15, -0.1) is 0 Å². The topological polar surface area (TPSA) is 111 Å². The van der Waals surface area contributed by atoms with Gasteiger partial charge < -0.3 is 19.4 Å². The van der Waals surface area contributed by atoms with Gasteiger partial charge in [0.25, 0.3) is 0 Å². The molecule has 0 rings (SSSR count). The number of amides is 1. The van der Waals surface area contributed by atoms with E-state index in [9.17, 15) is 19.0 Å². The Morgan fingerprint density at radius 2 is 0.800 bits per heavy atom.